The van der Waals surface area contributed by atoms with Crippen molar-refractivity contribution >= 4 is 11.9 Å². The van der Waals surface area contributed by atoms with Gasteiger partial charge in [0.15, 0.2) is 0 Å². The molecule has 2 fully saturated rings. The second-order valence-corrected chi connectivity index (χ2v) is 4.22. The molecule has 0 radical (unpaired) electrons. The van der Waals surface area contributed by atoms with Gasteiger partial charge in [-0.1, -0.05) is 0 Å². The first-order valence-electron chi connectivity index (χ1n) is 4.93. The molecule has 0 aromatic heterocycles. The first kappa shape index (κ1) is 11.2. The number of hydrogen-bond donors (Lipinski definition) is 1. The van der Waals surface area contributed by atoms with Gasteiger partial charge in [0.05, 0.1) is 5.92 Å². The van der Waals surface area contributed by atoms with Crippen molar-refractivity contribution in [3.05, 3.63) is 0 Å². The molecule has 3 atom stereocenters. The smallest absolute Gasteiger partial charge is 0.471 e. The van der Waals surface area contributed by atoms with Crippen LogP contribution in [0.1, 0.15) is 12.8 Å². The molecule has 0 spiro atoms. The zero-order valence-electron chi connectivity index (χ0n) is 8.20. The highest BCUT2D eigenvalue weighted by molar-refractivity contribution is 5.84. The van der Waals surface area contributed by atoms with Crippen LogP contribution in [0.15, 0.2) is 0 Å². The van der Waals surface area contributed by atoms with Gasteiger partial charge in [-0.2, -0.15) is 13.2 Å². The van der Waals surface area contributed by atoms with Gasteiger partial charge in [0.2, 0.25) is 0 Å². The van der Waals surface area contributed by atoms with Crippen LogP contribution in [-0.4, -0.2) is 40.6 Å². The molecule has 90 valence electrons. The average molecular weight is 237 g/mol. The molecule has 1 aliphatic heterocycles. The summed E-state index contributed by atoms with van der Waals surface area (Å²) >= 11 is 0. The number of carboxylic acids is 1. The van der Waals surface area contributed by atoms with Crippen LogP contribution in [0.3, 0.4) is 0 Å². The lowest BCUT2D eigenvalue weighted by molar-refractivity contribution is -0.187. The van der Waals surface area contributed by atoms with Gasteiger partial charge < -0.3 is 10.0 Å². The number of nitrogens with zero attached hydrogens (tertiary/aromatic N) is 1. The number of fused-ring (bicyclic) bond motifs is 2. The molecule has 1 aliphatic carbocycles. The quantitative estimate of drug-likeness (QED) is 0.736. The van der Waals surface area contributed by atoms with Crippen LogP contribution in [0, 0.1) is 11.8 Å². The van der Waals surface area contributed by atoms with E-state index < -0.39 is 30.0 Å². The summed E-state index contributed by atoms with van der Waals surface area (Å²) < 4.78 is 36.6. The van der Waals surface area contributed by atoms with Crippen LogP contribution in [0.5, 0.6) is 0 Å². The Morgan fingerprint density at radius 1 is 1.25 bits per heavy atom. The maximum Gasteiger partial charge on any atom is 0.471 e. The molecule has 1 saturated carbocycles. The van der Waals surface area contributed by atoms with E-state index >= 15 is 0 Å². The van der Waals surface area contributed by atoms with E-state index in [1.165, 1.54) is 0 Å². The van der Waals surface area contributed by atoms with Gasteiger partial charge >= 0.3 is 18.1 Å². The lowest BCUT2D eigenvalue weighted by atomic mass is 9.99. The minimum absolute atomic E-state index is 0.0834. The van der Waals surface area contributed by atoms with Gasteiger partial charge in [0, 0.05) is 12.6 Å². The summed E-state index contributed by atoms with van der Waals surface area (Å²) in [6.07, 6.45) is -3.97. The third-order valence-electron chi connectivity index (χ3n) is 3.38. The minimum Gasteiger partial charge on any atom is -0.481 e. The average Bonchev–Trinajstić information content (AvgIpc) is 2.70. The van der Waals surface area contributed by atoms with Crippen molar-refractivity contribution in [1.29, 1.82) is 0 Å². The van der Waals surface area contributed by atoms with Crippen molar-refractivity contribution in [3.63, 3.8) is 0 Å². The van der Waals surface area contributed by atoms with E-state index in [1.807, 2.05) is 0 Å². The van der Waals surface area contributed by atoms with Crippen molar-refractivity contribution in [2.24, 2.45) is 11.8 Å². The molecular weight excluding hydrogens is 227 g/mol. The zero-order chi connectivity index (χ0) is 12.1. The van der Waals surface area contributed by atoms with Crippen LogP contribution >= 0.6 is 0 Å². The van der Waals surface area contributed by atoms with Crippen molar-refractivity contribution in [3.8, 4) is 0 Å². The number of piperidine rings is 1. The summed E-state index contributed by atoms with van der Waals surface area (Å²) in [6.45, 7) is -0.0834. The van der Waals surface area contributed by atoms with Crippen LogP contribution in [0.4, 0.5) is 13.2 Å². The molecular formula is C9H10F3NO3. The topological polar surface area (TPSA) is 57.6 Å². The molecule has 1 N–H and O–H groups in total. The molecule has 2 rings (SSSR count). The van der Waals surface area contributed by atoms with E-state index in [-0.39, 0.29) is 12.5 Å². The van der Waals surface area contributed by atoms with Crippen molar-refractivity contribution in [2.45, 2.75) is 25.1 Å². The number of likely N-dealkylation sites (tertiary alicyclic amines) is 1. The van der Waals surface area contributed by atoms with E-state index in [0.717, 1.165) is 0 Å². The monoisotopic (exact) mass is 237 g/mol. The van der Waals surface area contributed by atoms with E-state index in [0.29, 0.717) is 17.7 Å². The summed E-state index contributed by atoms with van der Waals surface area (Å²) in [7, 11) is 0. The number of carbonyl (C=O) groups excluding carboxylic acids is 1. The van der Waals surface area contributed by atoms with Crippen LogP contribution < -0.4 is 0 Å². The maximum atomic E-state index is 12.2. The Hall–Kier alpha value is -1.27. The highest BCUT2D eigenvalue weighted by atomic mass is 19.4. The van der Waals surface area contributed by atoms with Gasteiger partial charge in [0.1, 0.15) is 0 Å². The normalized spacial score (nSPS) is 33.2. The summed E-state index contributed by atoms with van der Waals surface area (Å²) in [5.41, 5.74) is 0. The van der Waals surface area contributed by atoms with Gasteiger partial charge in [-0.15, -0.1) is 0 Å². The molecule has 2 aliphatic rings. The largest absolute Gasteiger partial charge is 0.481 e. The van der Waals surface area contributed by atoms with Crippen LogP contribution in [-0.2, 0) is 9.59 Å². The van der Waals surface area contributed by atoms with Crippen molar-refractivity contribution in [2.75, 3.05) is 6.54 Å². The molecule has 2 bridgehead atoms. The molecule has 7 heteroatoms. The second-order valence-electron chi connectivity index (χ2n) is 4.22. The Balaban J connectivity index is 2.17. The molecule has 4 nitrogen and oxygen atoms in total. The number of halogens is 3. The van der Waals surface area contributed by atoms with Gasteiger partial charge in [-0.25, -0.2) is 0 Å². The second kappa shape index (κ2) is 3.36. The fraction of sp³-hybridized carbons (Fsp3) is 0.778. The Morgan fingerprint density at radius 3 is 2.31 bits per heavy atom. The number of rotatable bonds is 1. The zero-order valence-corrected chi connectivity index (χ0v) is 8.20. The van der Waals surface area contributed by atoms with Crippen molar-refractivity contribution in [1.82, 2.24) is 4.90 Å². The maximum absolute atomic E-state index is 12.2. The minimum atomic E-state index is -4.91. The van der Waals surface area contributed by atoms with Gasteiger partial charge in [-0.05, 0) is 18.8 Å². The highest BCUT2D eigenvalue weighted by Gasteiger charge is 2.56. The Kier molecular flexibility index (Phi) is 2.36. The third kappa shape index (κ3) is 1.54. The highest BCUT2D eigenvalue weighted by Crippen LogP contribution is 2.44. The summed E-state index contributed by atoms with van der Waals surface area (Å²) in [5.74, 6) is -4.17. The van der Waals surface area contributed by atoms with E-state index in [1.54, 1.807) is 0 Å². The third-order valence-corrected chi connectivity index (χ3v) is 3.38. The molecule has 1 saturated heterocycles. The molecule has 0 unspecified atom stereocenters. The lowest BCUT2D eigenvalue weighted by Gasteiger charge is -2.27. The molecule has 1 amide bonds. The van der Waals surface area contributed by atoms with E-state index in [9.17, 15) is 22.8 Å². The first-order valence-corrected chi connectivity index (χ1v) is 4.93. The number of alkyl halides is 3. The van der Waals surface area contributed by atoms with Crippen molar-refractivity contribution < 1.29 is 27.9 Å². The lowest BCUT2D eigenvalue weighted by Crippen LogP contribution is -2.46. The summed E-state index contributed by atoms with van der Waals surface area (Å²) in [5, 5.41) is 8.88. The van der Waals surface area contributed by atoms with E-state index in [2.05, 4.69) is 0 Å². The first-order chi connectivity index (χ1) is 7.32. The van der Waals surface area contributed by atoms with Crippen LogP contribution in [0.2, 0.25) is 0 Å². The molecule has 0 aromatic rings. The Morgan fingerprint density at radius 2 is 1.88 bits per heavy atom. The fourth-order valence-corrected chi connectivity index (χ4v) is 2.76. The predicted octanol–water partition coefficient (Wildman–Crippen LogP) is 0.870. The van der Waals surface area contributed by atoms with Crippen LogP contribution in [0.25, 0.3) is 0 Å². The van der Waals surface area contributed by atoms with Gasteiger partial charge in [-0.3, -0.25) is 9.59 Å². The van der Waals surface area contributed by atoms with E-state index in [4.69, 9.17) is 5.11 Å². The predicted molar refractivity (Wildman–Crippen MR) is 45.4 cm³/mol. The Bertz CT molecular complexity index is 341. The number of hydrogen-bond acceptors (Lipinski definition) is 2. The number of amides is 1. The number of carboxylic acid groups (broad SMARTS) is 1. The number of aliphatic carboxylic acids is 1. The molecule has 0 aromatic carbocycles. The summed E-state index contributed by atoms with van der Waals surface area (Å²) in [6, 6.07) is -0.781. The molecule has 16 heavy (non-hydrogen) atoms. The number of carbonyl (C=O) groups is 2. The summed E-state index contributed by atoms with van der Waals surface area (Å²) in [4.78, 5) is 22.6. The SMILES string of the molecule is O=C(O)[C@H]1[C@H]2CC[C@@H]1N(C(=O)C(F)(F)F)C2. The fourth-order valence-electron chi connectivity index (χ4n) is 2.76. The Labute approximate surface area is 89.0 Å². The van der Waals surface area contributed by atoms with Gasteiger partial charge in [0.25, 0.3) is 0 Å². The standard InChI is InChI=1S/C9H10F3NO3/c10-9(11,12)8(16)13-3-4-1-2-5(13)6(4)7(14)15/h4-6H,1-3H2,(H,14,15)/t4-,5-,6-/m0/s1. The molecule has 1 heterocycles.